The molecule has 1 aromatic rings. The van der Waals surface area contributed by atoms with Crippen LogP contribution >= 0.6 is 11.6 Å². The van der Waals surface area contributed by atoms with Gasteiger partial charge < -0.3 is 29.9 Å². The molecule has 1 saturated heterocycles. The molecule has 1 aliphatic heterocycles. The molecule has 0 amide bonds. The second-order valence-electron chi connectivity index (χ2n) is 4.97. The zero-order valence-corrected chi connectivity index (χ0v) is 12.5. The van der Waals surface area contributed by atoms with Gasteiger partial charge >= 0.3 is 5.69 Å². The lowest BCUT2D eigenvalue weighted by atomic mass is 9.99. The molecule has 0 unspecified atom stereocenters. The molecule has 9 nitrogen and oxygen atoms in total. The fourth-order valence-corrected chi connectivity index (χ4v) is 2.45. The summed E-state index contributed by atoms with van der Waals surface area (Å²) in [5.41, 5.74) is -0.0991. The van der Waals surface area contributed by atoms with Crippen LogP contribution in [0, 0.1) is 10.1 Å². The Labute approximate surface area is 135 Å². The monoisotopic (exact) mass is 349 g/mol. The molecule has 2 rings (SSSR count). The van der Waals surface area contributed by atoms with Crippen molar-refractivity contribution in [3.8, 4) is 5.75 Å². The van der Waals surface area contributed by atoms with Crippen molar-refractivity contribution in [3.05, 3.63) is 33.9 Å². The average molecular weight is 350 g/mol. The maximum absolute atomic E-state index is 11.1. The van der Waals surface area contributed by atoms with E-state index in [4.69, 9.17) is 26.2 Å². The number of ether oxygens (including phenoxy) is 2. The van der Waals surface area contributed by atoms with Gasteiger partial charge in [0.15, 0.2) is 0 Å². The molecule has 1 heterocycles. The van der Waals surface area contributed by atoms with Crippen LogP contribution in [0.25, 0.3) is 0 Å². The minimum absolute atomic E-state index is 0.0889. The first-order valence-corrected chi connectivity index (χ1v) is 7.23. The normalized spacial score (nSPS) is 30.9. The maximum Gasteiger partial charge on any atom is 0.311 e. The van der Waals surface area contributed by atoms with Gasteiger partial charge in [-0.1, -0.05) is 12.1 Å². The predicted molar refractivity (Wildman–Crippen MR) is 77.0 cm³/mol. The van der Waals surface area contributed by atoms with E-state index in [1.165, 1.54) is 18.2 Å². The number of halogens is 1. The van der Waals surface area contributed by atoms with E-state index in [9.17, 15) is 25.4 Å². The van der Waals surface area contributed by atoms with E-state index in [0.29, 0.717) is 0 Å². The molecule has 1 aliphatic rings. The topological polar surface area (TPSA) is 143 Å². The Balaban J connectivity index is 2.32. The molecule has 5 atom stereocenters. The molecule has 0 radical (unpaired) electrons. The number of aliphatic hydroxyl groups is 4. The summed E-state index contributed by atoms with van der Waals surface area (Å²) >= 11 is 5.74. The summed E-state index contributed by atoms with van der Waals surface area (Å²) in [6.45, 7) is -0.635. The van der Waals surface area contributed by atoms with E-state index in [-0.39, 0.29) is 22.9 Å². The quantitative estimate of drug-likeness (QED) is 0.317. The van der Waals surface area contributed by atoms with Crippen molar-refractivity contribution in [3.63, 3.8) is 0 Å². The highest BCUT2D eigenvalue weighted by molar-refractivity contribution is 6.17. The maximum atomic E-state index is 11.1. The summed E-state index contributed by atoms with van der Waals surface area (Å²) in [6, 6.07) is 4.12. The third kappa shape index (κ3) is 3.55. The highest BCUT2D eigenvalue weighted by atomic mass is 35.5. The number of hydrogen-bond acceptors (Lipinski definition) is 8. The van der Waals surface area contributed by atoms with Gasteiger partial charge in [0.2, 0.25) is 12.0 Å². The Morgan fingerprint density at radius 1 is 1.26 bits per heavy atom. The molecule has 1 aromatic carbocycles. The van der Waals surface area contributed by atoms with Crippen LogP contribution in [0.2, 0.25) is 0 Å². The minimum atomic E-state index is -1.67. The molecule has 23 heavy (non-hydrogen) atoms. The van der Waals surface area contributed by atoms with Gasteiger partial charge in [-0.3, -0.25) is 10.1 Å². The third-order valence-corrected chi connectivity index (χ3v) is 3.79. The summed E-state index contributed by atoms with van der Waals surface area (Å²) in [7, 11) is 0. The summed E-state index contributed by atoms with van der Waals surface area (Å²) in [4.78, 5) is 10.4. The van der Waals surface area contributed by atoms with Gasteiger partial charge in [0, 0.05) is 11.6 Å². The van der Waals surface area contributed by atoms with E-state index >= 15 is 0 Å². The summed E-state index contributed by atoms with van der Waals surface area (Å²) in [5, 5.41) is 49.6. The van der Waals surface area contributed by atoms with Crippen molar-refractivity contribution in [2.24, 2.45) is 0 Å². The number of benzene rings is 1. The molecule has 1 fully saturated rings. The summed E-state index contributed by atoms with van der Waals surface area (Å²) in [6.07, 6.45) is -7.56. The number of para-hydroxylation sites is 1. The van der Waals surface area contributed by atoms with Crippen LogP contribution in [0.15, 0.2) is 18.2 Å². The molecule has 0 saturated carbocycles. The first-order valence-electron chi connectivity index (χ1n) is 6.70. The number of nitro groups is 1. The highest BCUT2D eigenvalue weighted by Gasteiger charge is 2.45. The molecular formula is C13H16ClNO8. The van der Waals surface area contributed by atoms with Crippen LogP contribution in [0.4, 0.5) is 5.69 Å². The van der Waals surface area contributed by atoms with E-state index in [1.807, 2.05) is 0 Å². The second kappa shape index (κ2) is 7.39. The van der Waals surface area contributed by atoms with Gasteiger partial charge in [-0.15, -0.1) is 11.6 Å². The van der Waals surface area contributed by atoms with Crippen LogP contribution in [0.5, 0.6) is 5.75 Å². The van der Waals surface area contributed by atoms with Crippen LogP contribution in [-0.4, -0.2) is 62.7 Å². The van der Waals surface area contributed by atoms with Crippen LogP contribution in [0.3, 0.4) is 0 Å². The fraction of sp³-hybridized carbons (Fsp3) is 0.538. The molecule has 0 spiro atoms. The van der Waals surface area contributed by atoms with Crippen molar-refractivity contribution in [2.45, 2.75) is 36.6 Å². The second-order valence-corrected chi connectivity index (χ2v) is 5.24. The zero-order chi connectivity index (χ0) is 17.1. The van der Waals surface area contributed by atoms with Gasteiger partial charge in [-0.2, -0.15) is 0 Å². The predicted octanol–water partition coefficient (Wildman–Crippen LogP) is -0.488. The van der Waals surface area contributed by atoms with Crippen LogP contribution in [0.1, 0.15) is 5.56 Å². The molecule has 128 valence electrons. The Morgan fingerprint density at radius 3 is 2.52 bits per heavy atom. The molecule has 0 aliphatic carbocycles. The minimum Gasteiger partial charge on any atom is -0.454 e. The number of hydrogen-bond donors (Lipinski definition) is 4. The van der Waals surface area contributed by atoms with E-state index in [1.54, 1.807) is 0 Å². The Kier molecular flexibility index (Phi) is 5.74. The van der Waals surface area contributed by atoms with Crippen molar-refractivity contribution < 1.29 is 34.8 Å². The fourth-order valence-electron chi connectivity index (χ4n) is 2.24. The van der Waals surface area contributed by atoms with Crippen molar-refractivity contribution in [1.29, 1.82) is 0 Å². The summed E-state index contributed by atoms with van der Waals surface area (Å²) < 4.78 is 10.5. The highest BCUT2D eigenvalue weighted by Crippen LogP contribution is 2.34. The Hall–Kier alpha value is -1.49. The molecule has 4 N–H and O–H groups in total. The lowest BCUT2D eigenvalue weighted by Gasteiger charge is -2.39. The first kappa shape index (κ1) is 17.9. The molecule has 0 aromatic heterocycles. The van der Waals surface area contributed by atoms with Crippen molar-refractivity contribution in [1.82, 2.24) is 0 Å². The molecule has 0 bridgehead atoms. The van der Waals surface area contributed by atoms with Gasteiger partial charge in [0.05, 0.1) is 17.4 Å². The zero-order valence-electron chi connectivity index (χ0n) is 11.8. The smallest absolute Gasteiger partial charge is 0.311 e. The van der Waals surface area contributed by atoms with Crippen LogP contribution < -0.4 is 4.74 Å². The largest absolute Gasteiger partial charge is 0.454 e. The summed E-state index contributed by atoms with van der Waals surface area (Å²) in [5.74, 6) is -0.300. The van der Waals surface area contributed by atoms with Gasteiger partial charge in [-0.25, -0.2) is 0 Å². The number of aliphatic hydroxyl groups excluding tert-OH is 4. The lowest BCUT2D eigenvalue weighted by molar-refractivity contribution is -0.387. The lowest BCUT2D eigenvalue weighted by Crippen LogP contribution is -2.60. The van der Waals surface area contributed by atoms with Gasteiger partial charge in [0.25, 0.3) is 0 Å². The van der Waals surface area contributed by atoms with E-state index in [0.717, 1.165) is 0 Å². The van der Waals surface area contributed by atoms with Crippen LogP contribution in [-0.2, 0) is 10.6 Å². The van der Waals surface area contributed by atoms with Gasteiger partial charge in [0.1, 0.15) is 24.4 Å². The van der Waals surface area contributed by atoms with Gasteiger partial charge in [-0.05, 0) is 0 Å². The Morgan fingerprint density at radius 2 is 1.96 bits per heavy atom. The average Bonchev–Trinajstić information content (AvgIpc) is 2.55. The molecule has 10 heteroatoms. The first-order chi connectivity index (χ1) is 10.9. The number of alkyl halides is 1. The standard InChI is InChI=1S/C13H16ClNO8/c14-4-6-2-1-3-7(15(20)21)12(6)23-13-11(19)10(18)9(17)8(5-16)22-13/h1-3,8-11,13,16-19H,4-5H2/t8-,9-,10+,11-,13-/m1/s1. The molecular weight excluding hydrogens is 334 g/mol. The van der Waals surface area contributed by atoms with E-state index < -0.39 is 42.2 Å². The van der Waals surface area contributed by atoms with Crippen molar-refractivity contribution in [2.75, 3.05) is 6.61 Å². The number of nitrogens with zero attached hydrogens (tertiary/aromatic N) is 1. The van der Waals surface area contributed by atoms with E-state index in [2.05, 4.69) is 0 Å². The Bertz CT molecular complexity index is 569. The third-order valence-electron chi connectivity index (χ3n) is 3.50. The number of nitro benzene ring substituents is 1. The van der Waals surface area contributed by atoms with Crippen molar-refractivity contribution >= 4 is 17.3 Å². The SMILES string of the molecule is O=[N+]([O-])c1cccc(CCl)c1O[C@H]1O[C@H](CO)[C@@H](O)[C@H](O)[C@H]1O. The number of rotatable bonds is 5.